The Morgan fingerprint density at radius 2 is 1.86 bits per heavy atom. The number of ether oxygens (including phenoxy) is 2. The summed E-state index contributed by atoms with van der Waals surface area (Å²) in [6, 6.07) is 8.51. The van der Waals surface area contributed by atoms with Gasteiger partial charge in [-0.2, -0.15) is 0 Å². The molecule has 0 saturated heterocycles. The van der Waals surface area contributed by atoms with E-state index in [1.54, 1.807) is 49.2 Å². The summed E-state index contributed by atoms with van der Waals surface area (Å²) in [5, 5.41) is 3.69. The van der Waals surface area contributed by atoms with Crippen molar-refractivity contribution in [3.05, 3.63) is 47.5 Å². The number of hydrogen-bond acceptors (Lipinski definition) is 6. The Kier molecular flexibility index (Phi) is 7.45. The van der Waals surface area contributed by atoms with Gasteiger partial charge < -0.3 is 24.6 Å². The molecule has 0 atom stereocenters. The zero-order valence-electron chi connectivity index (χ0n) is 20.2. The van der Waals surface area contributed by atoms with Gasteiger partial charge in [0.1, 0.15) is 12.1 Å². The summed E-state index contributed by atoms with van der Waals surface area (Å²) in [6.07, 6.45) is 4.69. The largest absolute Gasteiger partial charge is 0.493 e. The zero-order chi connectivity index (χ0) is 25.1. The number of amides is 2. The van der Waals surface area contributed by atoms with Crippen LogP contribution in [0.4, 0.5) is 20.7 Å². The lowest BCUT2D eigenvalue weighted by molar-refractivity contribution is 0.0991. The summed E-state index contributed by atoms with van der Waals surface area (Å²) in [4.78, 5) is 24.3. The van der Waals surface area contributed by atoms with E-state index >= 15 is 0 Å². The highest BCUT2D eigenvalue weighted by Crippen LogP contribution is 2.37. The molecule has 2 amide bonds. The van der Waals surface area contributed by atoms with E-state index in [1.807, 2.05) is 13.1 Å². The second-order valence-corrected chi connectivity index (χ2v) is 9.21. The van der Waals surface area contributed by atoms with Crippen molar-refractivity contribution >= 4 is 40.0 Å². The predicted molar refractivity (Wildman–Crippen MR) is 134 cm³/mol. The summed E-state index contributed by atoms with van der Waals surface area (Å²) in [7, 11) is 6.94. The first-order chi connectivity index (χ1) is 16.8. The van der Waals surface area contributed by atoms with E-state index < -0.39 is 5.82 Å². The number of halogens is 2. The molecule has 2 aromatic carbocycles. The third kappa shape index (κ3) is 5.35. The Morgan fingerprint density at radius 1 is 1.11 bits per heavy atom. The van der Waals surface area contributed by atoms with Gasteiger partial charge in [-0.1, -0.05) is 17.7 Å². The molecule has 1 saturated carbocycles. The van der Waals surface area contributed by atoms with E-state index in [1.165, 1.54) is 12.4 Å². The number of rotatable bonds is 6. The Labute approximate surface area is 209 Å². The van der Waals surface area contributed by atoms with Crippen molar-refractivity contribution < 1.29 is 18.7 Å². The summed E-state index contributed by atoms with van der Waals surface area (Å²) >= 11 is 5.93. The quantitative estimate of drug-likeness (QED) is 0.482. The molecule has 1 aliphatic rings. The van der Waals surface area contributed by atoms with Gasteiger partial charge in [-0.25, -0.2) is 19.2 Å². The van der Waals surface area contributed by atoms with E-state index in [9.17, 15) is 9.18 Å². The molecule has 0 bridgehead atoms. The molecular formula is C25H29ClFN5O3. The minimum Gasteiger partial charge on any atom is -0.493 e. The number of urea groups is 1. The number of anilines is 2. The molecule has 35 heavy (non-hydrogen) atoms. The minimum atomic E-state index is -0.555. The maximum Gasteiger partial charge on any atom is 0.319 e. The van der Waals surface area contributed by atoms with Crippen LogP contribution in [0.2, 0.25) is 5.02 Å². The van der Waals surface area contributed by atoms with Gasteiger partial charge in [-0.05, 0) is 43.9 Å². The standard InChI is InChI=1S/C25H29ClFN5O3/c1-31(2)25(33)32(3)15-8-10-16(11-9-15)35-22-12-17-20(13-21(22)34-4)28-14-29-24(17)30-19-7-5-6-18(26)23(19)27/h5-7,12-16H,8-11H2,1-4H3,(H,28,29,30)/t15-,16-. The van der Waals surface area contributed by atoms with Gasteiger partial charge >= 0.3 is 6.03 Å². The molecule has 0 unspecified atom stereocenters. The maximum atomic E-state index is 14.5. The van der Waals surface area contributed by atoms with Crippen LogP contribution in [0, 0.1) is 5.82 Å². The monoisotopic (exact) mass is 501 g/mol. The molecule has 0 aliphatic heterocycles. The number of nitrogens with zero attached hydrogens (tertiary/aromatic N) is 4. The van der Waals surface area contributed by atoms with Crippen molar-refractivity contribution in [2.45, 2.75) is 37.8 Å². The normalized spacial score (nSPS) is 17.7. The topological polar surface area (TPSA) is 79.8 Å². The van der Waals surface area contributed by atoms with Crippen molar-refractivity contribution in [1.82, 2.24) is 19.8 Å². The molecule has 1 aromatic heterocycles. The second-order valence-electron chi connectivity index (χ2n) is 8.81. The van der Waals surface area contributed by atoms with Crippen LogP contribution in [0.3, 0.4) is 0 Å². The van der Waals surface area contributed by atoms with Gasteiger partial charge in [0.2, 0.25) is 0 Å². The molecule has 1 N–H and O–H groups in total. The number of aromatic nitrogens is 2. The average molecular weight is 502 g/mol. The average Bonchev–Trinajstić information content (AvgIpc) is 2.86. The van der Waals surface area contributed by atoms with Crippen molar-refractivity contribution in [3.63, 3.8) is 0 Å². The van der Waals surface area contributed by atoms with Crippen LogP contribution >= 0.6 is 11.6 Å². The first-order valence-corrected chi connectivity index (χ1v) is 11.8. The number of fused-ring (bicyclic) bond motifs is 1. The van der Waals surface area contributed by atoms with Crippen molar-refractivity contribution in [2.75, 3.05) is 33.6 Å². The molecular weight excluding hydrogens is 473 g/mol. The van der Waals surface area contributed by atoms with E-state index in [0.717, 1.165) is 25.7 Å². The van der Waals surface area contributed by atoms with E-state index in [4.69, 9.17) is 21.1 Å². The first-order valence-electron chi connectivity index (χ1n) is 11.4. The predicted octanol–water partition coefficient (Wildman–Crippen LogP) is 5.48. The molecule has 1 heterocycles. The molecule has 186 valence electrons. The molecule has 3 aromatic rings. The fourth-order valence-electron chi connectivity index (χ4n) is 4.34. The lowest BCUT2D eigenvalue weighted by atomic mass is 9.92. The lowest BCUT2D eigenvalue weighted by Crippen LogP contribution is -2.45. The van der Waals surface area contributed by atoms with E-state index in [0.29, 0.717) is 28.2 Å². The Morgan fingerprint density at radius 3 is 2.54 bits per heavy atom. The van der Waals surface area contributed by atoms with Crippen LogP contribution in [0.1, 0.15) is 25.7 Å². The highest BCUT2D eigenvalue weighted by atomic mass is 35.5. The third-order valence-corrected chi connectivity index (χ3v) is 6.59. The van der Waals surface area contributed by atoms with Gasteiger partial charge in [0.05, 0.1) is 29.4 Å². The molecule has 1 aliphatic carbocycles. The molecule has 8 nitrogen and oxygen atoms in total. The van der Waals surface area contributed by atoms with Crippen molar-refractivity contribution in [3.8, 4) is 11.5 Å². The molecule has 4 rings (SSSR count). The highest BCUT2D eigenvalue weighted by Gasteiger charge is 2.29. The summed E-state index contributed by atoms with van der Waals surface area (Å²) < 4.78 is 26.4. The molecule has 0 spiro atoms. The van der Waals surface area contributed by atoms with Gasteiger partial charge in [0, 0.05) is 38.6 Å². The number of nitrogens with one attached hydrogen (secondary N) is 1. The first kappa shape index (κ1) is 24.8. The smallest absolute Gasteiger partial charge is 0.319 e. The Balaban J connectivity index is 1.55. The van der Waals surface area contributed by atoms with Crippen LogP contribution in [0.5, 0.6) is 11.5 Å². The van der Waals surface area contributed by atoms with Crippen LogP contribution < -0.4 is 14.8 Å². The Hall–Kier alpha value is -3.33. The van der Waals surface area contributed by atoms with Crippen LogP contribution in [-0.2, 0) is 0 Å². The maximum absolute atomic E-state index is 14.5. The number of carbonyl (C=O) groups excluding carboxylic acids is 1. The van der Waals surface area contributed by atoms with Gasteiger partial charge in [-0.3, -0.25) is 0 Å². The van der Waals surface area contributed by atoms with Crippen molar-refractivity contribution in [2.24, 2.45) is 0 Å². The number of carbonyl (C=O) groups is 1. The zero-order valence-corrected chi connectivity index (χ0v) is 21.0. The SMILES string of the molecule is COc1cc2ncnc(Nc3cccc(Cl)c3F)c2cc1O[C@H]1CC[C@H](N(C)C(=O)N(C)C)CC1. The fourth-order valence-corrected chi connectivity index (χ4v) is 4.52. The molecule has 0 radical (unpaired) electrons. The summed E-state index contributed by atoms with van der Waals surface area (Å²) in [5.41, 5.74) is 0.840. The van der Waals surface area contributed by atoms with Crippen LogP contribution in [0.15, 0.2) is 36.7 Å². The number of hydrogen-bond donors (Lipinski definition) is 1. The second kappa shape index (κ2) is 10.5. The third-order valence-electron chi connectivity index (χ3n) is 6.29. The summed E-state index contributed by atoms with van der Waals surface area (Å²) in [6.45, 7) is 0. The van der Waals surface area contributed by atoms with Crippen LogP contribution in [-0.4, -0.2) is 66.2 Å². The Bertz CT molecular complexity index is 1220. The van der Waals surface area contributed by atoms with Gasteiger partial charge in [-0.15, -0.1) is 0 Å². The molecule has 10 heteroatoms. The fraction of sp³-hybridized carbons (Fsp3) is 0.400. The minimum absolute atomic E-state index is 0.00161. The number of methoxy groups -OCH3 is 1. The highest BCUT2D eigenvalue weighted by molar-refractivity contribution is 6.31. The van der Waals surface area contributed by atoms with Gasteiger partial charge in [0.15, 0.2) is 17.3 Å². The van der Waals surface area contributed by atoms with E-state index in [2.05, 4.69) is 15.3 Å². The lowest BCUT2D eigenvalue weighted by Gasteiger charge is -2.36. The van der Waals surface area contributed by atoms with E-state index in [-0.39, 0.29) is 28.9 Å². The summed E-state index contributed by atoms with van der Waals surface area (Å²) in [5.74, 6) is 0.986. The van der Waals surface area contributed by atoms with Crippen molar-refractivity contribution in [1.29, 1.82) is 0 Å². The van der Waals surface area contributed by atoms with Crippen LogP contribution in [0.25, 0.3) is 10.9 Å². The van der Waals surface area contributed by atoms with Gasteiger partial charge in [0.25, 0.3) is 0 Å². The molecule has 1 fully saturated rings. The number of benzene rings is 2.